The Labute approximate surface area is 248 Å². The Bertz CT molecular complexity index is 1630. The highest BCUT2D eigenvalue weighted by molar-refractivity contribution is 6.41. The molecule has 2 aromatic carbocycles. The van der Waals surface area contributed by atoms with Gasteiger partial charge < -0.3 is 9.05 Å². The molecule has 40 heavy (non-hydrogen) atoms. The van der Waals surface area contributed by atoms with Gasteiger partial charge in [0.05, 0.1) is 20.1 Å². The van der Waals surface area contributed by atoms with Crippen LogP contribution >= 0.6 is 46.4 Å². The summed E-state index contributed by atoms with van der Waals surface area (Å²) in [7, 11) is 0. The number of aromatic nitrogens is 3. The number of rotatable bonds is 5. The number of hydrogen-bond donors (Lipinski definition) is 0. The Hall–Kier alpha value is -3.69. The van der Waals surface area contributed by atoms with Crippen LogP contribution in [-0.4, -0.2) is 27.1 Å². The van der Waals surface area contributed by atoms with E-state index in [1.165, 1.54) is 6.20 Å². The maximum absolute atomic E-state index is 14.3. The summed E-state index contributed by atoms with van der Waals surface area (Å²) in [5, 5.41) is 9.09. The van der Waals surface area contributed by atoms with Crippen LogP contribution in [0.5, 0.6) is 0 Å². The lowest BCUT2D eigenvalue weighted by molar-refractivity contribution is 0.0895. The number of carbonyl (C=O) groups excluding carboxylic acids is 2. The zero-order valence-corrected chi connectivity index (χ0v) is 24.2. The van der Waals surface area contributed by atoms with Gasteiger partial charge in [-0.2, -0.15) is 0 Å². The zero-order valence-electron chi connectivity index (χ0n) is 21.1. The molecule has 0 unspecified atom stereocenters. The SMILES string of the molecule is Cc1ccc(N(C(=O)c2c(-c3c(Cl)cccc3Cl)noc2C)C(=O)c2c(-c3c(Cl)cccc3Cl)noc2C)nc1. The molecule has 5 rings (SSSR count). The van der Waals surface area contributed by atoms with Crippen molar-refractivity contribution in [1.82, 2.24) is 15.3 Å². The minimum absolute atomic E-state index is 0.0304. The molecule has 0 radical (unpaired) electrons. The van der Waals surface area contributed by atoms with Gasteiger partial charge in [0.2, 0.25) is 0 Å². The number of halogens is 4. The summed E-state index contributed by atoms with van der Waals surface area (Å²) in [6.45, 7) is 4.91. The summed E-state index contributed by atoms with van der Waals surface area (Å²) >= 11 is 25.7. The van der Waals surface area contributed by atoms with Gasteiger partial charge in [0.15, 0.2) is 0 Å². The molecule has 2 amide bonds. The Kier molecular flexibility index (Phi) is 7.70. The number of pyridine rings is 1. The van der Waals surface area contributed by atoms with E-state index in [0.717, 1.165) is 10.5 Å². The van der Waals surface area contributed by atoms with Crippen molar-refractivity contribution < 1.29 is 18.6 Å². The van der Waals surface area contributed by atoms with E-state index in [1.54, 1.807) is 62.4 Å². The summed E-state index contributed by atoms with van der Waals surface area (Å²) in [4.78, 5) is 33.9. The standard InChI is InChI=1S/C28H18Cl4N4O4/c1-13-10-11-20(33-12-13)36(27(37)21-14(2)39-34-25(21)23-16(29)6-4-7-17(23)30)28(38)22-15(3)40-35-26(22)24-18(31)8-5-9-19(24)32/h4-12H,1-3H3. The Morgan fingerprint density at radius 3 is 1.48 bits per heavy atom. The summed E-state index contributed by atoms with van der Waals surface area (Å²) in [6.07, 6.45) is 1.53. The first-order valence-electron chi connectivity index (χ1n) is 11.7. The van der Waals surface area contributed by atoms with E-state index in [2.05, 4.69) is 15.3 Å². The van der Waals surface area contributed by atoms with Crippen LogP contribution in [0.1, 0.15) is 37.8 Å². The molecule has 0 aliphatic carbocycles. The van der Waals surface area contributed by atoms with Crippen LogP contribution in [0.15, 0.2) is 63.8 Å². The molecule has 12 heteroatoms. The largest absolute Gasteiger partial charge is 0.360 e. The fourth-order valence-corrected chi connectivity index (χ4v) is 5.31. The van der Waals surface area contributed by atoms with Gasteiger partial charge in [0.1, 0.15) is 39.9 Å². The van der Waals surface area contributed by atoms with Gasteiger partial charge in [-0.05, 0) is 56.7 Å². The third kappa shape index (κ3) is 4.88. The molecule has 0 aliphatic rings. The first kappa shape index (κ1) is 27.9. The molecule has 5 aromatic rings. The highest BCUT2D eigenvalue weighted by Crippen LogP contribution is 2.40. The maximum Gasteiger partial charge on any atom is 0.272 e. The third-order valence-electron chi connectivity index (χ3n) is 6.08. The van der Waals surface area contributed by atoms with Crippen molar-refractivity contribution in [3.63, 3.8) is 0 Å². The second-order valence-corrected chi connectivity index (χ2v) is 10.4. The lowest BCUT2D eigenvalue weighted by atomic mass is 10.0. The van der Waals surface area contributed by atoms with Crippen molar-refractivity contribution in [1.29, 1.82) is 0 Å². The summed E-state index contributed by atoms with van der Waals surface area (Å²) in [5.74, 6) is -1.27. The fourth-order valence-electron chi connectivity index (χ4n) is 4.15. The minimum atomic E-state index is -0.789. The number of carbonyl (C=O) groups is 2. The highest BCUT2D eigenvalue weighted by atomic mass is 35.5. The van der Waals surface area contributed by atoms with E-state index < -0.39 is 11.8 Å². The number of aryl methyl sites for hydroxylation is 3. The molecule has 0 N–H and O–H groups in total. The van der Waals surface area contributed by atoms with E-state index in [9.17, 15) is 9.59 Å². The number of nitrogens with zero attached hydrogens (tertiary/aromatic N) is 4. The smallest absolute Gasteiger partial charge is 0.272 e. The molecule has 3 heterocycles. The van der Waals surface area contributed by atoms with Gasteiger partial charge in [-0.15, -0.1) is 0 Å². The molecule has 0 saturated carbocycles. The van der Waals surface area contributed by atoms with Gasteiger partial charge in [-0.3, -0.25) is 9.59 Å². The lowest BCUT2D eigenvalue weighted by Crippen LogP contribution is -2.38. The van der Waals surface area contributed by atoms with Gasteiger partial charge >= 0.3 is 0 Å². The normalized spacial score (nSPS) is 11.1. The molecule has 0 saturated heterocycles. The minimum Gasteiger partial charge on any atom is -0.360 e. The molecule has 0 aliphatic heterocycles. The number of anilines is 1. The van der Waals surface area contributed by atoms with Gasteiger partial charge in [0, 0.05) is 17.3 Å². The fraction of sp³-hybridized carbons (Fsp3) is 0.107. The molecule has 0 fully saturated rings. The van der Waals surface area contributed by atoms with Crippen LogP contribution in [0.3, 0.4) is 0 Å². The summed E-state index contributed by atoms with van der Waals surface area (Å²) < 4.78 is 10.8. The van der Waals surface area contributed by atoms with Gasteiger partial charge in [-0.1, -0.05) is 74.9 Å². The molecule has 0 atom stereocenters. The molecule has 0 bridgehead atoms. The molecule has 202 valence electrons. The number of imide groups is 1. The quantitative estimate of drug-likeness (QED) is 0.183. The second-order valence-electron chi connectivity index (χ2n) is 8.76. The predicted molar refractivity (Wildman–Crippen MR) is 154 cm³/mol. The van der Waals surface area contributed by atoms with Crippen molar-refractivity contribution in [3.8, 4) is 22.5 Å². The van der Waals surface area contributed by atoms with Crippen LogP contribution in [0.4, 0.5) is 5.82 Å². The monoisotopic (exact) mass is 614 g/mol. The molecular formula is C28H18Cl4N4O4. The highest BCUT2D eigenvalue weighted by Gasteiger charge is 2.37. The van der Waals surface area contributed by atoms with Crippen molar-refractivity contribution in [2.45, 2.75) is 20.8 Å². The third-order valence-corrected chi connectivity index (χ3v) is 7.34. The number of amides is 2. The average molecular weight is 616 g/mol. The topological polar surface area (TPSA) is 102 Å². The van der Waals surface area contributed by atoms with E-state index in [1.807, 2.05) is 6.92 Å². The molecule has 3 aromatic heterocycles. The second kappa shape index (κ2) is 11.1. The van der Waals surface area contributed by atoms with Crippen LogP contribution < -0.4 is 4.90 Å². The van der Waals surface area contributed by atoms with Crippen molar-refractivity contribution in [3.05, 3.63) is 103 Å². The van der Waals surface area contributed by atoms with Crippen LogP contribution in [-0.2, 0) is 0 Å². The first-order chi connectivity index (χ1) is 19.1. The average Bonchev–Trinajstić information content (AvgIpc) is 3.47. The molecule has 8 nitrogen and oxygen atoms in total. The Balaban J connectivity index is 1.72. The zero-order chi connectivity index (χ0) is 28.7. The van der Waals surface area contributed by atoms with Crippen LogP contribution in [0.25, 0.3) is 22.5 Å². The van der Waals surface area contributed by atoms with Gasteiger partial charge in [-0.25, -0.2) is 9.88 Å². The van der Waals surface area contributed by atoms with Crippen molar-refractivity contribution >= 4 is 64.0 Å². The molecular weight excluding hydrogens is 598 g/mol. The van der Waals surface area contributed by atoms with E-state index in [0.29, 0.717) is 0 Å². The number of benzene rings is 2. The van der Waals surface area contributed by atoms with Crippen molar-refractivity contribution in [2.75, 3.05) is 4.90 Å². The van der Waals surface area contributed by atoms with E-state index >= 15 is 0 Å². The maximum atomic E-state index is 14.3. The number of hydrogen-bond acceptors (Lipinski definition) is 7. The van der Waals surface area contributed by atoms with Crippen LogP contribution in [0, 0.1) is 20.8 Å². The lowest BCUT2D eigenvalue weighted by Gasteiger charge is -2.21. The Morgan fingerprint density at radius 1 is 0.675 bits per heavy atom. The van der Waals surface area contributed by atoms with E-state index in [-0.39, 0.29) is 71.1 Å². The summed E-state index contributed by atoms with van der Waals surface area (Å²) in [5.41, 5.74) is 1.45. The first-order valence-corrected chi connectivity index (χ1v) is 13.2. The molecule has 0 spiro atoms. The van der Waals surface area contributed by atoms with E-state index in [4.69, 9.17) is 55.4 Å². The Morgan fingerprint density at radius 2 is 1.10 bits per heavy atom. The van der Waals surface area contributed by atoms with Crippen molar-refractivity contribution in [2.24, 2.45) is 0 Å². The predicted octanol–water partition coefficient (Wildman–Crippen LogP) is 8.42. The van der Waals surface area contributed by atoms with Gasteiger partial charge in [0.25, 0.3) is 11.8 Å². The van der Waals surface area contributed by atoms with Crippen LogP contribution in [0.2, 0.25) is 20.1 Å². The summed E-state index contributed by atoms with van der Waals surface area (Å²) in [6, 6.07) is 13.0.